The fourth-order valence-electron chi connectivity index (χ4n) is 4.62. The van der Waals surface area contributed by atoms with Gasteiger partial charge in [0.25, 0.3) is 0 Å². The summed E-state index contributed by atoms with van der Waals surface area (Å²) in [5.41, 5.74) is 1.13. The second-order valence-electron chi connectivity index (χ2n) is 7.44. The number of ketones is 1. The molecule has 2 bridgehead atoms. The van der Waals surface area contributed by atoms with Crippen LogP contribution in [0.4, 0.5) is 0 Å². The van der Waals surface area contributed by atoms with E-state index in [0.717, 1.165) is 48.1 Å². The third-order valence-corrected chi connectivity index (χ3v) is 6.15. The van der Waals surface area contributed by atoms with Gasteiger partial charge in [0.05, 0.1) is 18.2 Å². The van der Waals surface area contributed by atoms with Crippen LogP contribution in [0, 0.1) is 11.8 Å². The van der Waals surface area contributed by atoms with Crippen LogP contribution >= 0.6 is 0 Å². The van der Waals surface area contributed by atoms with Crippen LogP contribution in [0.1, 0.15) is 30.1 Å². The van der Waals surface area contributed by atoms with Gasteiger partial charge in [-0.25, -0.2) is 0 Å². The highest BCUT2D eigenvalue weighted by Gasteiger charge is 2.50. The van der Waals surface area contributed by atoms with E-state index in [9.17, 15) is 4.79 Å². The molecule has 1 aromatic heterocycles. The molecule has 130 valence electrons. The van der Waals surface area contributed by atoms with Crippen LogP contribution < -0.4 is 4.74 Å². The van der Waals surface area contributed by atoms with Gasteiger partial charge < -0.3 is 4.74 Å². The molecule has 0 spiro atoms. The third kappa shape index (κ3) is 2.47. The van der Waals surface area contributed by atoms with E-state index in [2.05, 4.69) is 29.5 Å². The Labute approximate surface area is 148 Å². The Morgan fingerprint density at radius 1 is 1.44 bits per heavy atom. The van der Waals surface area contributed by atoms with Gasteiger partial charge in [-0.15, -0.1) is 6.58 Å². The number of nitrogens with zero attached hydrogens (tertiary/aromatic N) is 2. The molecular formula is C21H24N2O2. The molecule has 0 N–H and O–H groups in total. The Balaban J connectivity index is 1.76. The number of carbonyl (C=O) groups excluding carboxylic acids is 1. The van der Waals surface area contributed by atoms with Gasteiger partial charge in [0.15, 0.2) is 5.78 Å². The van der Waals surface area contributed by atoms with Crippen molar-refractivity contribution in [2.45, 2.75) is 25.3 Å². The van der Waals surface area contributed by atoms with E-state index in [1.165, 1.54) is 0 Å². The highest BCUT2D eigenvalue weighted by molar-refractivity contribution is 6.12. The zero-order valence-electron chi connectivity index (χ0n) is 14.9. The number of rotatable bonds is 4. The number of Topliss-reactive ketones (excluding diaryl/α,β-unsaturated/α-hetero) is 1. The normalized spacial score (nSPS) is 31.0. The number of benzene rings is 1. The SMILES string of the molecule is C=CC1CN2CCC1C[C@]2(C)C(=O)c1ccnc2ccc(OC)cc12. The topological polar surface area (TPSA) is 42.4 Å². The van der Waals surface area contributed by atoms with Crippen molar-refractivity contribution in [3.05, 3.63) is 48.7 Å². The average Bonchev–Trinajstić information content (AvgIpc) is 2.66. The summed E-state index contributed by atoms with van der Waals surface area (Å²) < 4.78 is 5.35. The van der Waals surface area contributed by atoms with Crippen LogP contribution in [-0.4, -0.2) is 41.4 Å². The molecule has 3 fully saturated rings. The first-order valence-electron chi connectivity index (χ1n) is 8.92. The Hall–Kier alpha value is -2.20. The number of ether oxygens (including phenoxy) is 1. The third-order valence-electron chi connectivity index (χ3n) is 6.15. The number of methoxy groups -OCH3 is 1. The van der Waals surface area contributed by atoms with E-state index in [1.807, 2.05) is 24.3 Å². The molecule has 3 aliphatic heterocycles. The van der Waals surface area contributed by atoms with Crippen molar-refractivity contribution >= 4 is 16.7 Å². The lowest BCUT2D eigenvalue weighted by molar-refractivity contribution is -0.0268. The van der Waals surface area contributed by atoms with Crippen molar-refractivity contribution in [3.8, 4) is 5.75 Å². The number of hydrogen-bond acceptors (Lipinski definition) is 4. The van der Waals surface area contributed by atoms with E-state index in [0.29, 0.717) is 11.8 Å². The highest BCUT2D eigenvalue weighted by Crippen LogP contribution is 2.44. The Kier molecular flexibility index (Phi) is 3.88. The first-order valence-corrected chi connectivity index (χ1v) is 8.92. The molecule has 4 heterocycles. The van der Waals surface area contributed by atoms with E-state index in [1.54, 1.807) is 13.3 Å². The molecule has 5 rings (SSSR count). The minimum Gasteiger partial charge on any atom is -0.497 e. The van der Waals surface area contributed by atoms with E-state index in [-0.39, 0.29) is 5.78 Å². The van der Waals surface area contributed by atoms with Gasteiger partial charge in [0, 0.05) is 23.7 Å². The second-order valence-corrected chi connectivity index (χ2v) is 7.44. The van der Waals surface area contributed by atoms with Crippen molar-refractivity contribution in [1.82, 2.24) is 9.88 Å². The van der Waals surface area contributed by atoms with Crippen molar-refractivity contribution in [2.24, 2.45) is 11.8 Å². The first kappa shape index (κ1) is 16.3. The van der Waals surface area contributed by atoms with E-state index >= 15 is 0 Å². The fraction of sp³-hybridized carbons (Fsp3) is 0.429. The van der Waals surface area contributed by atoms with E-state index < -0.39 is 5.54 Å². The van der Waals surface area contributed by atoms with Gasteiger partial charge in [-0.05, 0) is 62.4 Å². The minimum atomic E-state index is -0.445. The summed E-state index contributed by atoms with van der Waals surface area (Å²) in [7, 11) is 1.64. The van der Waals surface area contributed by atoms with Gasteiger partial charge in [-0.2, -0.15) is 0 Å². The number of aromatic nitrogens is 1. The van der Waals surface area contributed by atoms with Crippen molar-refractivity contribution in [3.63, 3.8) is 0 Å². The second kappa shape index (κ2) is 5.95. The largest absolute Gasteiger partial charge is 0.497 e. The molecule has 3 aliphatic rings. The maximum atomic E-state index is 13.6. The lowest BCUT2D eigenvalue weighted by atomic mass is 9.67. The number of hydrogen-bond donors (Lipinski definition) is 0. The predicted octanol–water partition coefficient (Wildman–Crippen LogP) is 3.71. The Morgan fingerprint density at radius 2 is 2.28 bits per heavy atom. The fourth-order valence-corrected chi connectivity index (χ4v) is 4.62. The molecule has 4 heteroatoms. The van der Waals surface area contributed by atoms with Gasteiger partial charge in [-0.3, -0.25) is 14.7 Å². The predicted molar refractivity (Wildman–Crippen MR) is 99.0 cm³/mol. The molecule has 3 saturated heterocycles. The molecule has 0 aliphatic carbocycles. The summed E-state index contributed by atoms with van der Waals surface area (Å²) >= 11 is 0. The van der Waals surface area contributed by atoms with Crippen LogP contribution in [0.5, 0.6) is 5.75 Å². The monoisotopic (exact) mass is 336 g/mol. The first-order chi connectivity index (χ1) is 12.1. The minimum absolute atomic E-state index is 0.195. The molecule has 3 unspecified atom stereocenters. The molecule has 1 aromatic carbocycles. The van der Waals surface area contributed by atoms with Crippen molar-refractivity contribution < 1.29 is 9.53 Å². The van der Waals surface area contributed by atoms with E-state index in [4.69, 9.17) is 4.74 Å². The molecular weight excluding hydrogens is 312 g/mol. The van der Waals surface area contributed by atoms with Crippen LogP contribution in [0.15, 0.2) is 43.1 Å². The van der Waals surface area contributed by atoms with Crippen LogP contribution in [0.25, 0.3) is 10.9 Å². The molecule has 4 nitrogen and oxygen atoms in total. The summed E-state index contributed by atoms with van der Waals surface area (Å²) in [6.45, 7) is 8.01. The number of fused-ring (bicyclic) bond motifs is 4. The van der Waals surface area contributed by atoms with Gasteiger partial charge in [0.1, 0.15) is 5.75 Å². The quantitative estimate of drug-likeness (QED) is 0.630. The molecule has 4 atom stereocenters. The maximum Gasteiger partial charge on any atom is 0.183 e. The summed E-state index contributed by atoms with van der Waals surface area (Å²) in [5.74, 6) is 2.00. The molecule has 25 heavy (non-hydrogen) atoms. The summed E-state index contributed by atoms with van der Waals surface area (Å²) in [5, 5.41) is 0.871. The van der Waals surface area contributed by atoms with Gasteiger partial charge in [-0.1, -0.05) is 6.08 Å². The smallest absolute Gasteiger partial charge is 0.183 e. The number of carbonyl (C=O) groups is 1. The Bertz CT molecular complexity index is 847. The maximum absolute atomic E-state index is 13.6. The van der Waals surface area contributed by atoms with Crippen LogP contribution in [0.3, 0.4) is 0 Å². The standard InChI is InChI=1S/C21H24N2O2/c1-4-14-13-23-10-8-15(14)12-21(23,2)20(24)17-7-9-22-19-6-5-16(25-3)11-18(17)19/h4-7,9,11,14-15H,1,8,10,12-13H2,2-3H3/t14?,15?,21-/m1/s1. The molecule has 0 saturated carbocycles. The van der Waals surface area contributed by atoms with Crippen molar-refractivity contribution in [1.29, 1.82) is 0 Å². The molecule has 0 radical (unpaired) electrons. The number of piperidine rings is 3. The molecule has 0 amide bonds. The van der Waals surface area contributed by atoms with Gasteiger partial charge >= 0.3 is 0 Å². The van der Waals surface area contributed by atoms with Crippen LogP contribution in [0.2, 0.25) is 0 Å². The zero-order chi connectivity index (χ0) is 17.6. The summed E-state index contributed by atoms with van der Waals surface area (Å²) in [4.78, 5) is 20.3. The lowest BCUT2D eigenvalue weighted by Gasteiger charge is -2.54. The highest BCUT2D eigenvalue weighted by atomic mass is 16.5. The summed E-state index contributed by atoms with van der Waals surface area (Å²) in [6.07, 6.45) is 5.85. The lowest BCUT2D eigenvalue weighted by Crippen LogP contribution is -2.63. The van der Waals surface area contributed by atoms with Gasteiger partial charge in [0.2, 0.25) is 0 Å². The number of pyridine rings is 1. The zero-order valence-corrected chi connectivity index (χ0v) is 14.9. The summed E-state index contributed by atoms with van der Waals surface area (Å²) in [6, 6.07) is 7.56. The Morgan fingerprint density at radius 3 is 2.96 bits per heavy atom. The average molecular weight is 336 g/mol. The van der Waals surface area contributed by atoms with Crippen molar-refractivity contribution in [2.75, 3.05) is 20.2 Å². The molecule has 2 aromatic rings. The van der Waals surface area contributed by atoms with Crippen LogP contribution in [-0.2, 0) is 0 Å².